The summed E-state index contributed by atoms with van der Waals surface area (Å²) in [4.78, 5) is 14.2. The topological polar surface area (TPSA) is 47.2 Å². The third kappa shape index (κ3) is 1.88. The van der Waals surface area contributed by atoms with Crippen molar-refractivity contribution in [3.05, 3.63) is 29.4 Å². The molecule has 2 aromatic rings. The molecule has 16 heavy (non-hydrogen) atoms. The largest absolute Gasteiger partial charge is 0.406 e. The highest BCUT2D eigenvalue weighted by atomic mass is 19.4. The van der Waals surface area contributed by atoms with Crippen LogP contribution in [0.1, 0.15) is 0 Å². The summed E-state index contributed by atoms with van der Waals surface area (Å²) in [5.74, 6) is 0. The Morgan fingerprint density at radius 3 is 2.81 bits per heavy atom. The van der Waals surface area contributed by atoms with Crippen molar-refractivity contribution in [3.8, 4) is 0 Å². The molecule has 0 unspecified atom stereocenters. The van der Waals surface area contributed by atoms with E-state index in [0.29, 0.717) is 5.39 Å². The Balaban J connectivity index is 2.58. The molecule has 0 N–H and O–H groups in total. The molecule has 2 aromatic heterocycles. The first kappa shape index (κ1) is 10.6. The summed E-state index contributed by atoms with van der Waals surface area (Å²) in [6.07, 6.45) is -1.94. The van der Waals surface area contributed by atoms with Gasteiger partial charge >= 0.3 is 6.18 Å². The van der Waals surface area contributed by atoms with Gasteiger partial charge in [0.05, 0.1) is 0 Å². The summed E-state index contributed by atoms with van der Waals surface area (Å²) in [6.45, 7) is -1.18. The van der Waals surface area contributed by atoms with Crippen LogP contribution in [0, 0.1) is 4.91 Å². The molecule has 0 aliphatic rings. The van der Waals surface area contributed by atoms with E-state index in [1.165, 1.54) is 18.3 Å². The molecule has 0 saturated carbocycles. The van der Waals surface area contributed by atoms with Gasteiger partial charge in [-0.15, -0.1) is 4.91 Å². The summed E-state index contributed by atoms with van der Waals surface area (Å²) < 4.78 is 37.5. The molecule has 7 heteroatoms. The minimum Gasteiger partial charge on any atom is -0.321 e. The second-order valence-corrected chi connectivity index (χ2v) is 3.22. The first-order chi connectivity index (χ1) is 7.51. The van der Waals surface area contributed by atoms with Gasteiger partial charge in [0.1, 0.15) is 17.9 Å². The van der Waals surface area contributed by atoms with Crippen LogP contribution in [-0.2, 0) is 6.54 Å². The highest BCUT2D eigenvalue weighted by Gasteiger charge is 2.29. The summed E-state index contributed by atoms with van der Waals surface area (Å²) in [7, 11) is 0. The van der Waals surface area contributed by atoms with Crippen molar-refractivity contribution in [1.29, 1.82) is 0 Å². The number of nitrogens with zero attached hydrogens (tertiary/aromatic N) is 3. The number of nitroso groups, excluding NO2 is 1. The molecule has 0 spiro atoms. The third-order valence-electron chi connectivity index (χ3n) is 2.06. The van der Waals surface area contributed by atoms with E-state index >= 15 is 0 Å². The zero-order chi connectivity index (χ0) is 11.8. The van der Waals surface area contributed by atoms with E-state index in [1.54, 1.807) is 0 Å². The maximum absolute atomic E-state index is 12.2. The number of halogens is 3. The normalized spacial score (nSPS) is 11.9. The van der Waals surface area contributed by atoms with Gasteiger partial charge in [-0.05, 0) is 17.3 Å². The Hall–Kier alpha value is -1.92. The van der Waals surface area contributed by atoms with E-state index in [4.69, 9.17) is 0 Å². The molecule has 0 fully saturated rings. The maximum Gasteiger partial charge on any atom is 0.406 e. The highest BCUT2D eigenvalue weighted by molar-refractivity contribution is 5.88. The van der Waals surface area contributed by atoms with E-state index in [2.05, 4.69) is 10.2 Å². The summed E-state index contributed by atoms with van der Waals surface area (Å²) >= 11 is 0. The average Bonchev–Trinajstić information content (AvgIpc) is 2.55. The van der Waals surface area contributed by atoms with Crippen LogP contribution in [0.4, 0.5) is 18.9 Å². The molecule has 0 bridgehead atoms. The SMILES string of the molecule is O=Nc1cn(CC(F)(F)F)c2ncccc12. The van der Waals surface area contributed by atoms with Crippen LogP contribution in [0.5, 0.6) is 0 Å². The van der Waals surface area contributed by atoms with Gasteiger partial charge in [-0.1, -0.05) is 0 Å². The monoisotopic (exact) mass is 229 g/mol. The lowest BCUT2D eigenvalue weighted by molar-refractivity contribution is -0.139. The molecule has 2 rings (SSSR count). The van der Waals surface area contributed by atoms with Crippen LogP contribution in [0.3, 0.4) is 0 Å². The fourth-order valence-electron chi connectivity index (χ4n) is 1.49. The van der Waals surface area contributed by atoms with Crippen LogP contribution >= 0.6 is 0 Å². The van der Waals surface area contributed by atoms with Gasteiger partial charge in [0.25, 0.3) is 0 Å². The molecular weight excluding hydrogens is 223 g/mol. The first-order valence-corrected chi connectivity index (χ1v) is 4.35. The van der Waals surface area contributed by atoms with Crippen LogP contribution in [-0.4, -0.2) is 15.7 Å². The predicted molar refractivity (Wildman–Crippen MR) is 51.2 cm³/mol. The predicted octanol–water partition coefficient (Wildman–Crippen LogP) is 3.00. The minimum absolute atomic E-state index is 0.0349. The Morgan fingerprint density at radius 1 is 1.44 bits per heavy atom. The summed E-state index contributed by atoms with van der Waals surface area (Å²) in [5, 5.41) is 2.99. The van der Waals surface area contributed by atoms with E-state index in [0.717, 1.165) is 10.8 Å². The molecule has 0 aliphatic carbocycles. The minimum atomic E-state index is -4.36. The maximum atomic E-state index is 12.2. The van der Waals surface area contributed by atoms with Gasteiger partial charge in [-0.3, -0.25) is 0 Å². The third-order valence-corrected chi connectivity index (χ3v) is 2.06. The van der Waals surface area contributed by atoms with E-state index in [-0.39, 0.29) is 11.3 Å². The molecule has 84 valence electrons. The average molecular weight is 229 g/mol. The number of alkyl halides is 3. The van der Waals surface area contributed by atoms with Crippen LogP contribution in [0.15, 0.2) is 29.7 Å². The lowest BCUT2D eigenvalue weighted by Crippen LogP contribution is -2.17. The molecule has 0 aliphatic heterocycles. The molecule has 0 aromatic carbocycles. The molecular formula is C9H6F3N3O. The van der Waals surface area contributed by atoms with Gasteiger partial charge in [0.15, 0.2) is 0 Å². The number of hydrogen-bond donors (Lipinski definition) is 0. The van der Waals surface area contributed by atoms with E-state index in [1.807, 2.05) is 0 Å². The molecule has 0 atom stereocenters. The zero-order valence-corrected chi connectivity index (χ0v) is 7.90. The second kappa shape index (κ2) is 3.58. The lowest BCUT2D eigenvalue weighted by Gasteiger charge is -2.07. The molecule has 4 nitrogen and oxygen atoms in total. The van der Waals surface area contributed by atoms with Crippen molar-refractivity contribution in [3.63, 3.8) is 0 Å². The van der Waals surface area contributed by atoms with Crippen molar-refractivity contribution in [2.45, 2.75) is 12.7 Å². The zero-order valence-electron chi connectivity index (χ0n) is 7.90. The molecule has 2 heterocycles. The first-order valence-electron chi connectivity index (χ1n) is 4.35. The van der Waals surface area contributed by atoms with Crippen LogP contribution in [0.25, 0.3) is 11.0 Å². The van der Waals surface area contributed by atoms with Crippen LogP contribution < -0.4 is 0 Å². The van der Waals surface area contributed by atoms with Gasteiger partial charge < -0.3 is 4.57 Å². The fourth-order valence-corrected chi connectivity index (χ4v) is 1.49. The number of fused-ring (bicyclic) bond motifs is 1. The van der Waals surface area contributed by atoms with Crippen LogP contribution in [0.2, 0.25) is 0 Å². The Labute approximate surface area is 87.7 Å². The quantitative estimate of drug-likeness (QED) is 0.743. The number of aromatic nitrogens is 2. The molecule has 0 radical (unpaired) electrons. The van der Waals surface area contributed by atoms with Crippen molar-refractivity contribution >= 4 is 16.7 Å². The van der Waals surface area contributed by atoms with Gasteiger partial charge in [-0.25, -0.2) is 4.98 Å². The van der Waals surface area contributed by atoms with Gasteiger partial charge in [-0.2, -0.15) is 13.2 Å². The number of rotatable bonds is 2. The van der Waals surface area contributed by atoms with Crippen molar-refractivity contribution in [1.82, 2.24) is 9.55 Å². The van der Waals surface area contributed by atoms with Crippen molar-refractivity contribution in [2.75, 3.05) is 0 Å². The number of pyridine rings is 1. The Kier molecular flexibility index (Phi) is 2.37. The van der Waals surface area contributed by atoms with Crippen molar-refractivity contribution < 1.29 is 13.2 Å². The summed E-state index contributed by atoms with van der Waals surface area (Å²) in [6, 6.07) is 3.04. The Morgan fingerprint density at radius 2 is 2.19 bits per heavy atom. The fraction of sp³-hybridized carbons (Fsp3) is 0.222. The van der Waals surface area contributed by atoms with E-state index in [9.17, 15) is 18.1 Å². The molecule has 0 saturated heterocycles. The van der Waals surface area contributed by atoms with Gasteiger partial charge in [0.2, 0.25) is 0 Å². The lowest BCUT2D eigenvalue weighted by atomic mass is 10.3. The van der Waals surface area contributed by atoms with Gasteiger partial charge in [0, 0.05) is 17.8 Å². The second-order valence-electron chi connectivity index (χ2n) is 3.22. The molecule has 0 amide bonds. The van der Waals surface area contributed by atoms with Crippen molar-refractivity contribution in [2.24, 2.45) is 5.18 Å². The smallest absolute Gasteiger partial charge is 0.321 e. The van der Waals surface area contributed by atoms with E-state index < -0.39 is 12.7 Å². The Bertz CT molecular complexity index is 532. The highest BCUT2D eigenvalue weighted by Crippen LogP contribution is 2.29. The standard InChI is InChI=1S/C9H6F3N3O/c10-9(11,12)5-15-4-7(14-16)6-2-1-3-13-8(6)15/h1-4H,5H2. The number of hydrogen-bond acceptors (Lipinski definition) is 3. The summed E-state index contributed by atoms with van der Waals surface area (Å²) in [5.41, 5.74) is 0.0711.